The van der Waals surface area contributed by atoms with Crippen molar-refractivity contribution in [1.82, 2.24) is 10.6 Å². The molecule has 0 saturated heterocycles. The van der Waals surface area contributed by atoms with E-state index in [-0.39, 0.29) is 43.4 Å². The van der Waals surface area contributed by atoms with Crippen molar-refractivity contribution in [3.8, 4) is 11.1 Å². The number of nitrogens with one attached hydrogen (secondary N) is 2. The van der Waals surface area contributed by atoms with Crippen molar-refractivity contribution in [1.29, 1.82) is 0 Å². The van der Waals surface area contributed by atoms with Crippen LogP contribution in [0.1, 0.15) is 56.6 Å². The van der Waals surface area contributed by atoms with Crippen molar-refractivity contribution in [2.75, 3.05) is 6.61 Å². The van der Waals surface area contributed by atoms with E-state index in [9.17, 15) is 14.4 Å². The van der Waals surface area contributed by atoms with Crippen LogP contribution in [0.4, 0.5) is 4.79 Å². The van der Waals surface area contributed by atoms with Crippen LogP contribution in [0.25, 0.3) is 11.1 Å². The first-order valence-electron chi connectivity index (χ1n) is 11.0. The van der Waals surface area contributed by atoms with Gasteiger partial charge in [0, 0.05) is 30.8 Å². The van der Waals surface area contributed by atoms with Crippen LogP contribution in [-0.4, -0.2) is 41.8 Å². The molecule has 32 heavy (non-hydrogen) atoms. The molecule has 0 radical (unpaired) electrons. The highest BCUT2D eigenvalue weighted by molar-refractivity contribution is 5.79. The lowest BCUT2D eigenvalue weighted by atomic mass is 9.98. The Morgan fingerprint density at radius 2 is 1.59 bits per heavy atom. The third kappa shape index (κ3) is 5.87. The molecule has 1 aliphatic rings. The summed E-state index contributed by atoms with van der Waals surface area (Å²) in [6.45, 7) is 3.87. The average molecular weight is 439 g/mol. The minimum Gasteiger partial charge on any atom is -0.481 e. The van der Waals surface area contributed by atoms with Gasteiger partial charge < -0.3 is 20.5 Å². The van der Waals surface area contributed by atoms with Gasteiger partial charge in [-0.15, -0.1) is 0 Å². The molecule has 0 heterocycles. The minimum absolute atomic E-state index is 0.00332. The van der Waals surface area contributed by atoms with Crippen molar-refractivity contribution in [2.24, 2.45) is 0 Å². The predicted octanol–water partition coefficient (Wildman–Crippen LogP) is 4.06. The number of carbonyl (C=O) groups excluding carboxylic acids is 2. The first-order chi connectivity index (χ1) is 15.4. The number of benzene rings is 2. The Hall–Kier alpha value is -3.35. The lowest BCUT2D eigenvalue weighted by Crippen LogP contribution is -2.41. The van der Waals surface area contributed by atoms with Crippen molar-refractivity contribution in [3.05, 3.63) is 59.7 Å². The van der Waals surface area contributed by atoms with Crippen LogP contribution in [0.2, 0.25) is 0 Å². The smallest absolute Gasteiger partial charge is 0.407 e. The summed E-state index contributed by atoms with van der Waals surface area (Å²) in [7, 11) is 0. The van der Waals surface area contributed by atoms with Crippen molar-refractivity contribution in [2.45, 2.75) is 57.5 Å². The SMILES string of the molecule is CC[C@@H](CC(=O)NC(C)CCC(=O)O)NC(=O)OCC1c2ccccc2-c2ccccc21. The van der Waals surface area contributed by atoms with Crippen LogP contribution < -0.4 is 10.6 Å². The highest BCUT2D eigenvalue weighted by atomic mass is 16.5. The average Bonchev–Trinajstić information content (AvgIpc) is 3.09. The molecule has 1 aliphatic carbocycles. The van der Waals surface area contributed by atoms with Gasteiger partial charge in [0.05, 0.1) is 0 Å². The van der Waals surface area contributed by atoms with Crippen LogP contribution in [0.5, 0.6) is 0 Å². The molecule has 3 rings (SSSR count). The molecule has 3 N–H and O–H groups in total. The number of carboxylic acids is 1. The second-order valence-electron chi connectivity index (χ2n) is 8.18. The number of amides is 2. The van der Waals surface area contributed by atoms with E-state index in [1.54, 1.807) is 6.92 Å². The molecule has 7 heteroatoms. The molecule has 0 fully saturated rings. The fourth-order valence-electron chi connectivity index (χ4n) is 4.07. The van der Waals surface area contributed by atoms with Gasteiger partial charge in [-0.25, -0.2) is 4.79 Å². The standard InChI is InChI=1S/C25H30N2O5/c1-3-17(14-23(28)26-16(2)12-13-24(29)30)27-25(31)32-15-22-20-10-6-4-8-18(20)19-9-5-7-11-21(19)22/h4-11,16-17,22H,3,12-15H2,1-2H3,(H,26,28)(H,27,31)(H,29,30)/t16?,17-/m0/s1. The summed E-state index contributed by atoms with van der Waals surface area (Å²) in [5, 5.41) is 14.3. The van der Waals surface area contributed by atoms with Gasteiger partial charge in [0.1, 0.15) is 6.61 Å². The Kier molecular flexibility index (Phi) is 7.87. The number of hydrogen-bond donors (Lipinski definition) is 3. The van der Waals surface area contributed by atoms with E-state index in [2.05, 4.69) is 34.9 Å². The molecule has 2 aromatic rings. The molecule has 2 aromatic carbocycles. The van der Waals surface area contributed by atoms with E-state index in [0.717, 1.165) is 22.3 Å². The van der Waals surface area contributed by atoms with Crippen molar-refractivity contribution in [3.63, 3.8) is 0 Å². The fourth-order valence-corrected chi connectivity index (χ4v) is 4.07. The van der Waals surface area contributed by atoms with E-state index < -0.39 is 12.1 Å². The normalized spacial score (nSPS) is 14.1. The van der Waals surface area contributed by atoms with Gasteiger partial charge >= 0.3 is 12.1 Å². The number of carbonyl (C=O) groups is 3. The molecule has 1 unspecified atom stereocenters. The topological polar surface area (TPSA) is 105 Å². The summed E-state index contributed by atoms with van der Waals surface area (Å²) < 4.78 is 5.55. The molecule has 2 amide bonds. The van der Waals surface area contributed by atoms with E-state index in [4.69, 9.17) is 9.84 Å². The minimum atomic E-state index is -0.894. The van der Waals surface area contributed by atoms with E-state index in [1.807, 2.05) is 31.2 Å². The number of rotatable bonds is 10. The first kappa shape index (κ1) is 23.3. The van der Waals surface area contributed by atoms with Crippen LogP contribution in [0, 0.1) is 0 Å². The maximum absolute atomic E-state index is 12.4. The van der Waals surface area contributed by atoms with E-state index in [0.29, 0.717) is 12.8 Å². The number of alkyl carbamates (subject to hydrolysis) is 1. The van der Waals surface area contributed by atoms with Crippen LogP contribution >= 0.6 is 0 Å². The summed E-state index contributed by atoms with van der Waals surface area (Å²) in [6, 6.07) is 15.7. The van der Waals surface area contributed by atoms with Gasteiger partial charge in [-0.2, -0.15) is 0 Å². The summed E-state index contributed by atoms with van der Waals surface area (Å²) in [6.07, 6.45) is 0.485. The lowest BCUT2D eigenvalue weighted by molar-refractivity contribution is -0.137. The third-order valence-electron chi connectivity index (χ3n) is 5.79. The molecule has 0 bridgehead atoms. The van der Waals surface area contributed by atoms with Gasteiger partial charge in [-0.1, -0.05) is 55.5 Å². The monoisotopic (exact) mass is 438 g/mol. The Morgan fingerprint density at radius 3 is 2.16 bits per heavy atom. The van der Waals surface area contributed by atoms with Gasteiger partial charge in [-0.05, 0) is 42.0 Å². The molecular weight excluding hydrogens is 408 g/mol. The maximum atomic E-state index is 12.4. The molecule has 7 nitrogen and oxygen atoms in total. The molecule has 170 valence electrons. The van der Waals surface area contributed by atoms with E-state index in [1.165, 1.54) is 0 Å². The molecular formula is C25H30N2O5. The fraction of sp³-hybridized carbons (Fsp3) is 0.400. The highest BCUT2D eigenvalue weighted by Gasteiger charge is 2.29. The van der Waals surface area contributed by atoms with Crippen molar-refractivity contribution < 1.29 is 24.2 Å². The number of aliphatic carboxylic acids is 1. The summed E-state index contributed by atoms with van der Waals surface area (Å²) in [5.41, 5.74) is 4.61. The summed E-state index contributed by atoms with van der Waals surface area (Å²) in [5.74, 6) is -1.14. The molecule has 0 spiro atoms. The number of fused-ring (bicyclic) bond motifs is 3. The predicted molar refractivity (Wildman–Crippen MR) is 121 cm³/mol. The van der Waals surface area contributed by atoms with Crippen LogP contribution in [-0.2, 0) is 14.3 Å². The molecule has 2 atom stereocenters. The zero-order chi connectivity index (χ0) is 23.1. The molecule has 0 aromatic heterocycles. The molecule has 0 aliphatic heterocycles. The lowest BCUT2D eigenvalue weighted by Gasteiger charge is -2.20. The number of carboxylic acid groups (broad SMARTS) is 1. The second kappa shape index (κ2) is 10.8. The van der Waals surface area contributed by atoms with E-state index >= 15 is 0 Å². The quantitative estimate of drug-likeness (QED) is 0.519. The van der Waals surface area contributed by atoms with Crippen molar-refractivity contribution >= 4 is 18.0 Å². The Balaban J connectivity index is 1.52. The Bertz CT molecular complexity index is 929. The number of ether oxygens (including phenoxy) is 1. The molecule has 0 saturated carbocycles. The zero-order valence-corrected chi connectivity index (χ0v) is 18.5. The Labute approximate surface area is 188 Å². The largest absolute Gasteiger partial charge is 0.481 e. The van der Waals surface area contributed by atoms with Crippen LogP contribution in [0.15, 0.2) is 48.5 Å². The van der Waals surface area contributed by atoms with Crippen LogP contribution in [0.3, 0.4) is 0 Å². The highest BCUT2D eigenvalue weighted by Crippen LogP contribution is 2.44. The maximum Gasteiger partial charge on any atom is 0.407 e. The van der Waals surface area contributed by atoms with Gasteiger partial charge in [0.2, 0.25) is 5.91 Å². The van der Waals surface area contributed by atoms with Gasteiger partial charge in [0.15, 0.2) is 0 Å². The number of hydrogen-bond acceptors (Lipinski definition) is 4. The third-order valence-corrected chi connectivity index (χ3v) is 5.79. The van der Waals surface area contributed by atoms with Gasteiger partial charge in [-0.3, -0.25) is 9.59 Å². The Morgan fingerprint density at radius 1 is 1.00 bits per heavy atom. The zero-order valence-electron chi connectivity index (χ0n) is 18.5. The second-order valence-corrected chi connectivity index (χ2v) is 8.18. The first-order valence-corrected chi connectivity index (χ1v) is 11.0. The summed E-state index contributed by atoms with van der Waals surface area (Å²) in [4.78, 5) is 35.3. The van der Waals surface area contributed by atoms with Gasteiger partial charge in [0.25, 0.3) is 0 Å². The summed E-state index contributed by atoms with van der Waals surface area (Å²) >= 11 is 0.